The third-order valence-corrected chi connectivity index (χ3v) is 2.79. The van der Waals surface area contributed by atoms with Gasteiger partial charge in [-0.3, -0.25) is 4.79 Å². The number of anilines is 1. The van der Waals surface area contributed by atoms with Gasteiger partial charge >= 0.3 is 0 Å². The molecule has 1 aliphatic rings. The summed E-state index contributed by atoms with van der Waals surface area (Å²) in [5.74, 6) is -0.179. The number of rotatable bonds is 2. The van der Waals surface area contributed by atoms with E-state index >= 15 is 0 Å². The summed E-state index contributed by atoms with van der Waals surface area (Å²) in [6, 6.07) is 1.26. The van der Waals surface area contributed by atoms with Gasteiger partial charge in [-0.15, -0.1) is 0 Å². The molecular formula is C11H16N4O3. The topological polar surface area (TPSA) is 102 Å². The SMILES string of the molecule is Cc1cc(C(=O)N2CCOCC2CO)nc(N)n1. The van der Waals surface area contributed by atoms with E-state index < -0.39 is 0 Å². The number of amides is 1. The van der Waals surface area contributed by atoms with Gasteiger partial charge in [0.2, 0.25) is 5.95 Å². The quantitative estimate of drug-likeness (QED) is 0.714. The van der Waals surface area contributed by atoms with Crippen LogP contribution in [0.15, 0.2) is 6.07 Å². The van der Waals surface area contributed by atoms with Crippen molar-refractivity contribution in [2.45, 2.75) is 13.0 Å². The number of nitrogens with two attached hydrogens (primary N) is 1. The number of aryl methyl sites for hydroxylation is 1. The molecule has 0 bridgehead atoms. The molecule has 1 atom stereocenters. The molecule has 1 fully saturated rings. The van der Waals surface area contributed by atoms with Crippen LogP contribution in [0.5, 0.6) is 0 Å². The third-order valence-electron chi connectivity index (χ3n) is 2.79. The van der Waals surface area contributed by atoms with Gasteiger partial charge in [0.25, 0.3) is 5.91 Å². The van der Waals surface area contributed by atoms with Gasteiger partial charge in [0.15, 0.2) is 0 Å². The van der Waals surface area contributed by atoms with Gasteiger partial charge in [-0.2, -0.15) is 0 Å². The molecule has 1 unspecified atom stereocenters. The fourth-order valence-corrected chi connectivity index (χ4v) is 1.92. The Morgan fingerprint density at radius 3 is 3.11 bits per heavy atom. The number of nitrogen functional groups attached to an aromatic ring is 1. The summed E-state index contributed by atoms with van der Waals surface area (Å²) < 4.78 is 5.23. The van der Waals surface area contributed by atoms with Crippen LogP contribution in [-0.2, 0) is 4.74 Å². The molecule has 18 heavy (non-hydrogen) atoms. The number of aliphatic hydroxyl groups excluding tert-OH is 1. The number of aromatic nitrogens is 2. The first kappa shape index (κ1) is 12.7. The number of hydrogen-bond donors (Lipinski definition) is 2. The van der Waals surface area contributed by atoms with E-state index in [-0.39, 0.29) is 30.2 Å². The van der Waals surface area contributed by atoms with Crippen LogP contribution in [0.3, 0.4) is 0 Å². The van der Waals surface area contributed by atoms with Crippen molar-refractivity contribution >= 4 is 11.9 Å². The van der Waals surface area contributed by atoms with Crippen molar-refractivity contribution in [3.63, 3.8) is 0 Å². The van der Waals surface area contributed by atoms with E-state index in [0.717, 1.165) is 0 Å². The van der Waals surface area contributed by atoms with Gasteiger partial charge in [0, 0.05) is 12.2 Å². The molecule has 3 N–H and O–H groups in total. The fourth-order valence-electron chi connectivity index (χ4n) is 1.92. The molecule has 0 aliphatic carbocycles. The van der Waals surface area contributed by atoms with E-state index in [1.54, 1.807) is 17.9 Å². The van der Waals surface area contributed by atoms with Crippen LogP contribution in [0.25, 0.3) is 0 Å². The molecule has 1 saturated heterocycles. The maximum atomic E-state index is 12.3. The first-order valence-corrected chi connectivity index (χ1v) is 5.72. The largest absolute Gasteiger partial charge is 0.394 e. The first-order chi connectivity index (χ1) is 8.61. The predicted octanol–water partition coefficient (Wildman–Crippen LogP) is -0.799. The molecule has 1 aliphatic heterocycles. The Labute approximate surface area is 105 Å². The van der Waals surface area contributed by atoms with Crippen molar-refractivity contribution in [3.8, 4) is 0 Å². The monoisotopic (exact) mass is 252 g/mol. The number of aliphatic hydroxyl groups is 1. The zero-order valence-corrected chi connectivity index (χ0v) is 10.2. The van der Waals surface area contributed by atoms with E-state index in [0.29, 0.717) is 25.5 Å². The van der Waals surface area contributed by atoms with Crippen molar-refractivity contribution in [3.05, 3.63) is 17.5 Å². The Kier molecular flexibility index (Phi) is 3.73. The summed E-state index contributed by atoms with van der Waals surface area (Å²) in [7, 11) is 0. The molecule has 0 saturated carbocycles. The number of morpholine rings is 1. The lowest BCUT2D eigenvalue weighted by atomic mass is 10.2. The second-order valence-electron chi connectivity index (χ2n) is 4.16. The van der Waals surface area contributed by atoms with E-state index in [2.05, 4.69) is 9.97 Å². The molecule has 0 radical (unpaired) electrons. The number of hydrogen-bond acceptors (Lipinski definition) is 6. The van der Waals surface area contributed by atoms with Gasteiger partial charge < -0.3 is 20.5 Å². The lowest BCUT2D eigenvalue weighted by molar-refractivity contribution is -0.0186. The Balaban J connectivity index is 2.23. The number of carbonyl (C=O) groups excluding carboxylic acids is 1. The molecule has 1 amide bonds. The number of carbonyl (C=O) groups is 1. The standard InChI is InChI=1S/C11H16N4O3/c1-7-4-9(14-11(12)13-7)10(17)15-2-3-18-6-8(15)5-16/h4,8,16H,2-3,5-6H2,1H3,(H2,12,13,14). The highest BCUT2D eigenvalue weighted by Crippen LogP contribution is 2.12. The molecule has 1 aromatic rings. The molecule has 0 aromatic carbocycles. The number of nitrogens with zero attached hydrogens (tertiary/aromatic N) is 3. The van der Waals surface area contributed by atoms with Gasteiger partial charge in [-0.1, -0.05) is 0 Å². The first-order valence-electron chi connectivity index (χ1n) is 5.72. The van der Waals surface area contributed by atoms with Crippen LogP contribution in [-0.4, -0.2) is 58.3 Å². The molecule has 7 heteroatoms. The maximum absolute atomic E-state index is 12.3. The summed E-state index contributed by atoms with van der Waals surface area (Å²) in [5, 5.41) is 9.24. The van der Waals surface area contributed by atoms with Gasteiger partial charge in [-0.25, -0.2) is 9.97 Å². The normalized spacial score (nSPS) is 19.9. The molecular weight excluding hydrogens is 236 g/mol. The molecule has 2 rings (SSSR count). The van der Waals surface area contributed by atoms with Crippen LogP contribution in [0.2, 0.25) is 0 Å². The van der Waals surface area contributed by atoms with Crippen LogP contribution in [0.4, 0.5) is 5.95 Å². The Hall–Kier alpha value is -1.73. The van der Waals surface area contributed by atoms with Gasteiger partial charge in [0.05, 0.1) is 25.9 Å². The minimum absolute atomic E-state index is 0.0761. The number of ether oxygens (including phenoxy) is 1. The summed E-state index contributed by atoms with van der Waals surface area (Å²) in [6.45, 7) is 2.85. The lowest BCUT2D eigenvalue weighted by Gasteiger charge is -2.34. The van der Waals surface area contributed by atoms with Crippen molar-refractivity contribution in [2.75, 3.05) is 32.1 Å². The molecule has 2 heterocycles. The summed E-state index contributed by atoms with van der Waals surface area (Å²) >= 11 is 0. The summed E-state index contributed by atoms with van der Waals surface area (Å²) in [5.41, 5.74) is 6.42. The lowest BCUT2D eigenvalue weighted by Crippen LogP contribution is -2.50. The average Bonchev–Trinajstić information content (AvgIpc) is 2.36. The summed E-state index contributed by atoms with van der Waals surface area (Å²) in [6.07, 6.45) is 0. The maximum Gasteiger partial charge on any atom is 0.273 e. The Bertz CT molecular complexity index is 432. The van der Waals surface area contributed by atoms with Gasteiger partial charge in [-0.05, 0) is 13.0 Å². The second-order valence-corrected chi connectivity index (χ2v) is 4.16. The highest BCUT2D eigenvalue weighted by molar-refractivity contribution is 5.93. The van der Waals surface area contributed by atoms with E-state index in [1.807, 2.05) is 0 Å². The predicted molar refractivity (Wildman–Crippen MR) is 63.9 cm³/mol. The molecule has 98 valence electrons. The van der Waals surface area contributed by atoms with Crippen molar-refractivity contribution in [2.24, 2.45) is 0 Å². The van der Waals surface area contributed by atoms with E-state index in [9.17, 15) is 9.90 Å². The van der Waals surface area contributed by atoms with E-state index in [4.69, 9.17) is 10.5 Å². The smallest absolute Gasteiger partial charge is 0.273 e. The van der Waals surface area contributed by atoms with Crippen LogP contribution < -0.4 is 5.73 Å². The summed E-state index contributed by atoms with van der Waals surface area (Å²) in [4.78, 5) is 21.7. The minimum atomic E-state index is -0.331. The van der Waals surface area contributed by atoms with E-state index in [1.165, 1.54) is 0 Å². The average molecular weight is 252 g/mol. The van der Waals surface area contributed by atoms with Gasteiger partial charge in [0.1, 0.15) is 5.69 Å². The Morgan fingerprint density at radius 2 is 2.44 bits per heavy atom. The van der Waals surface area contributed by atoms with Crippen molar-refractivity contribution in [1.82, 2.24) is 14.9 Å². The highest BCUT2D eigenvalue weighted by atomic mass is 16.5. The highest BCUT2D eigenvalue weighted by Gasteiger charge is 2.28. The van der Waals surface area contributed by atoms with Crippen molar-refractivity contribution < 1.29 is 14.6 Å². The van der Waals surface area contributed by atoms with Crippen LogP contribution >= 0.6 is 0 Å². The van der Waals surface area contributed by atoms with Crippen LogP contribution in [0, 0.1) is 6.92 Å². The molecule has 0 spiro atoms. The minimum Gasteiger partial charge on any atom is -0.394 e. The third kappa shape index (κ3) is 2.57. The molecule has 7 nitrogen and oxygen atoms in total. The van der Waals surface area contributed by atoms with Crippen molar-refractivity contribution in [1.29, 1.82) is 0 Å². The zero-order valence-electron chi connectivity index (χ0n) is 10.2. The Morgan fingerprint density at radius 1 is 1.67 bits per heavy atom. The van der Waals surface area contributed by atoms with Crippen LogP contribution in [0.1, 0.15) is 16.2 Å². The zero-order chi connectivity index (χ0) is 13.1. The fraction of sp³-hybridized carbons (Fsp3) is 0.545. The molecule has 1 aromatic heterocycles. The second kappa shape index (κ2) is 5.28.